The zero-order valence-electron chi connectivity index (χ0n) is 22.4. The van der Waals surface area contributed by atoms with Crippen molar-refractivity contribution in [2.45, 2.75) is 96.4 Å². The quantitative estimate of drug-likeness (QED) is 0.261. The Bertz CT molecular complexity index is 1060. The van der Waals surface area contributed by atoms with Gasteiger partial charge in [-0.1, -0.05) is 65.3 Å². The highest BCUT2D eigenvalue weighted by Gasteiger charge is 2.43. The van der Waals surface area contributed by atoms with E-state index >= 15 is 0 Å². The second kappa shape index (κ2) is 9.31. The van der Waals surface area contributed by atoms with Crippen molar-refractivity contribution in [1.82, 2.24) is 19.5 Å². The lowest BCUT2D eigenvalue weighted by molar-refractivity contribution is 0.0807. The van der Waals surface area contributed by atoms with Crippen LogP contribution in [0.2, 0.25) is 41.4 Å². The van der Waals surface area contributed by atoms with E-state index in [1.165, 1.54) is 0 Å². The number of allylic oxidation sites excluding steroid dienone is 1. The number of fused-ring (bicyclic) bond motifs is 1. The summed E-state index contributed by atoms with van der Waals surface area (Å²) in [7, 11) is -3.87. The van der Waals surface area contributed by atoms with Gasteiger partial charge >= 0.3 is 0 Å². The second-order valence-electron chi connectivity index (χ2n) is 12.5. The molecular formula is C24H42ClN5O2Si2. The first-order chi connectivity index (χ1) is 15.4. The van der Waals surface area contributed by atoms with Gasteiger partial charge in [-0.05, 0) is 42.7 Å². The van der Waals surface area contributed by atoms with E-state index in [1.807, 2.05) is 4.57 Å². The Morgan fingerprint density at radius 3 is 2.24 bits per heavy atom. The number of imidazole rings is 1. The molecular weight excluding hydrogens is 482 g/mol. The molecule has 0 aliphatic heterocycles. The lowest BCUT2D eigenvalue weighted by Crippen LogP contribution is -2.49. The Morgan fingerprint density at radius 1 is 1.03 bits per heavy atom. The molecule has 10 heteroatoms. The summed E-state index contributed by atoms with van der Waals surface area (Å²) in [6.45, 7) is 23.6. The molecule has 0 radical (unpaired) electrons. The number of aromatic nitrogens is 4. The van der Waals surface area contributed by atoms with Crippen LogP contribution in [-0.4, -0.2) is 48.9 Å². The molecule has 0 aromatic carbocycles. The maximum atomic E-state index is 7.00. The summed E-state index contributed by atoms with van der Waals surface area (Å²) in [5.74, 6) is 0.339. The molecule has 1 aliphatic carbocycles. The molecule has 1 aliphatic rings. The minimum atomic E-state index is -2.00. The fourth-order valence-electron chi connectivity index (χ4n) is 3.61. The van der Waals surface area contributed by atoms with Gasteiger partial charge in [0.05, 0.1) is 18.5 Å². The summed E-state index contributed by atoms with van der Waals surface area (Å²) in [6.07, 6.45) is 7.10. The predicted octanol–water partition coefficient (Wildman–Crippen LogP) is 6.59. The largest absolute Gasteiger partial charge is 0.416 e. The van der Waals surface area contributed by atoms with E-state index in [9.17, 15) is 0 Å². The molecule has 2 aromatic rings. The zero-order chi connectivity index (χ0) is 25.7. The fourth-order valence-corrected chi connectivity index (χ4v) is 6.25. The minimum absolute atomic E-state index is 0.0350. The Morgan fingerprint density at radius 2 is 1.65 bits per heavy atom. The number of halogens is 1. The summed E-state index contributed by atoms with van der Waals surface area (Å²) in [6, 6.07) is 0.0363. The van der Waals surface area contributed by atoms with Gasteiger partial charge in [-0.25, -0.2) is 4.98 Å². The lowest BCUT2D eigenvalue weighted by Gasteiger charge is -2.44. The van der Waals surface area contributed by atoms with Crippen LogP contribution in [0.15, 0.2) is 18.5 Å². The number of rotatable bonds is 6. The molecule has 34 heavy (non-hydrogen) atoms. The molecule has 3 unspecified atom stereocenters. The van der Waals surface area contributed by atoms with Gasteiger partial charge in [0.2, 0.25) is 5.95 Å². The van der Waals surface area contributed by atoms with Crippen LogP contribution in [0.1, 0.15) is 54.0 Å². The van der Waals surface area contributed by atoms with E-state index < -0.39 is 16.6 Å². The van der Waals surface area contributed by atoms with Crippen LogP contribution >= 0.6 is 11.6 Å². The average Bonchev–Trinajstić information content (AvgIpc) is 3.09. The fraction of sp³-hybridized carbons (Fsp3) is 0.708. The Balaban J connectivity index is 1.93. The molecule has 0 fully saturated rings. The second-order valence-corrected chi connectivity index (χ2v) is 22.5. The monoisotopic (exact) mass is 523 g/mol. The van der Waals surface area contributed by atoms with Gasteiger partial charge < -0.3 is 19.2 Å². The number of nitrogen functional groups attached to an aromatic ring is 1. The summed E-state index contributed by atoms with van der Waals surface area (Å²) in [4.78, 5) is 12.9. The molecule has 0 bridgehead atoms. The van der Waals surface area contributed by atoms with Crippen molar-refractivity contribution in [3.63, 3.8) is 0 Å². The Labute approximate surface area is 211 Å². The summed E-state index contributed by atoms with van der Waals surface area (Å²) >= 11 is 6.27. The molecule has 2 heterocycles. The van der Waals surface area contributed by atoms with Crippen LogP contribution in [0.25, 0.3) is 11.2 Å². The molecule has 190 valence electrons. The molecule has 0 spiro atoms. The third kappa shape index (κ3) is 5.59. The normalized spacial score (nSPS) is 22.5. The molecule has 3 rings (SSSR count). The third-order valence-corrected chi connectivity index (χ3v) is 17.2. The van der Waals surface area contributed by atoms with Gasteiger partial charge in [-0.2, -0.15) is 9.97 Å². The highest BCUT2D eigenvalue weighted by molar-refractivity contribution is 6.74. The maximum Gasteiger partial charge on any atom is 0.223 e. The van der Waals surface area contributed by atoms with Gasteiger partial charge in [-0.15, -0.1) is 0 Å². The maximum absolute atomic E-state index is 7.00. The first kappa shape index (κ1) is 27.3. The molecule has 2 N–H and O–H groups in total. The summed E-state index contributed by atoms with van der Waals surface area (Å²) in [5, 5.41) is 0.555. The first-order valence-electron chi connectivity index (χ1n) is 12.1. The van der Waals surface area contributed by atoms with Crippen LogP contribution in [0.5, 0.6) is 0 Å². The molecule has 3 atom stereocenters. The van der Waals surface area contributed by atoms with Gasteiger partial charge in [0.1, 0.15) is 5.52 Å². The number of nitrogens with two attached hydrogens (primary N) is 1. The van der Waals surface area contributed by atoms with Gasteiger partial charge in [0, 0.05) is 12.5 Å². The van der Waals surface area contributed by atoms with Crippen molar-refractivity contribution in [2.24, 2.45) is 5.92 Å². The van der Waals surface area contributed by atoms with Crippen LogP contribution in [0.4, 0.5) is 5.95 Å². The van der Waals surface area contributed by atoms with Gasteiger partial charge in [0.25, 0.3) is 0 Å². The Hall–Kier alpha value is -1.27. The van der Waals surface area contributed by atoms with E-state index in [1.54, 1.807) is 6.33 Å². The molecule has 7 nitrogen and oxygen atoms in total. The van der Waals surface area contributed by atoms with E-state index in [4.69, 9.17) is 26.2 Å². The van der Waals surface area contributed by atoms with Crippen molar-refractivity contribution in [3.05, 3.63) is 23.6 Å². The van der Waals surface area contributed by atoms with E-state index in [0.717, 1.165) is 6.42 Å². The van der Waals surface area contributed by atoms with Crippen molar-refractivity contribution in [3.8, 4) is 0 Å². The standard InChI is InChI=1S/C24H42ClN5O2Si2/c1-23(2,3)33(7,8)31-14-16-11-12-17(13-18(16)32-34(9,10)24(4,5)6)30-15-27-19-20(25)28-22(26)29-21(19)30/h11-12,15-18H,13-14H2,1-10H3,(H2,26,28,29). The smallest absolute Gasteiger partial charge is 0.223 e. The highest BCUT2D eigenvalue weighted by Crippen LogP contribution is 2.42. The van der Waals surface area contributed by atoms with Crippen molar-refractivity contribution in [2.75, 3.05) is 12.3 Å². The number of hydrogen-bond acceptors (Lipinski definition) is 6. The van der Waals surface area contributed by atoms with E-state index in [2.05, 4.69) is 94.8 Å². The number of nitrogens with zero attached hydrogens (tertiary/aromatic N) is 4. The number of hydrogen-bond donors (Lipinski definition) is 1. The predicted molar refractivity (Wildman–Crippen MR) is 146 cm³/mol. The van der Waals surface area contributed by atoms with Gasteiger partial charge in [-0.3, -0.25) is 0 Å². The topological polar surface area (TPSA) is 88.1 Å². The Kier molecular flexibility index (Phi) is 7.48. The highest BCUT2D eigenvalue weighted by atomic mass is 35.5. The number of anilines is 1. The third-order valence-electron chi connectivity index (χ3n) is 7.98. The summed E-state index contributed by atoms with van der Waals surface area (Å²) in [5.41, 5.74) is 7.09. The van der Waals surface area contributed by atoms with Crippen molar-refractivity contribution < 1.29 is 8.85 Å². The van der Waals surface area contributed by atoms with Crippen LogP contribution < -0.4 is 5.73 Å². The van der Waals surface area contributed by atoms with Crippen molar-refractivity contribution in [1.29, 1.82) is 0 Å². The average molecular weight is 524 g/mol. The minimum Gasteiger partial charge on any atom is -0.416 e. The molecule has 0 saturated heterocycles. The van der Waals surface area contributed by atoms with E-state index in [-0.39, 0.29) is 39.2 Å². The lowest BCUT2D eigenvalue weighted by atomic mass is 9.90. The zero-order valence-corrected chi connectivity index (χ0v) is 25.2. The molecule has 2 aromatic heterocycles. The molecule has 0 saturated carbocycles. The van der Waals surface area contributed by atoms with Crippen LogP contribution in [0.3, 0.4) is 0 Å². The van der Waals surface area contributed by atoms with E-state index in [0.29, 0.717) is 17.8 Å². The van der Waals surface area contributed by atoms with Crippen LogP contribution in [0, 0.1) is 5.92 Å². The van der Waals surface area contributed by atoms with Gasteiger partial charge in [0.15, 0.2) is 27.4 Å². The SMILES string of the molecule is CC(C)(C)[Si](C)(C)OCC1C=CC(n2cnc3c(Cl)nc(N)nc32)CC1O[Si](C)(C)C(C)(C)C. The first-order valence-corrected chi connectivity index (χ1v) is 18.3. The molecule has 0 amide bonds. The van der Waals surface area contributed by atoms with Crippen molar-refractivity contribution >= 4 is 45.3 Å². The summed E-state index contributed by atoms with van der Waals surface area (Å²) < 4.78 is 15.7. The van der Waals surface area contributed by atoms with Crippen LogP contribution in [-0.2, 0) is 8.85 Å².